The maximum absolute atomic E-state index is 13.5. The molecule has 3 atom stereocenters. The van der Waals surface area contributed by atoms with Gasteiger partial charge in [-0.15, -0.1) is 0 Å². The van der Waals surface area contributed by atoms with E-state index >= 15 is 0 Å². The van der Waals surface area contributed by atoms with Crippen molar-refractivity contribution in [2.75, 3.05) is 20.7 Å². The van der Waals surface area contributed by atoms with E-state index in [0.29, 0.717) is 16.5 Å². The molecule has 0 aliphatic carbocycles. The van der Waals surface area contributed by atoms with Crippen LogP contribution in [0.1, 0.15) is 25.8 Å². The Labute approximate surface area is 182 Å². The Hall–Kier alpha value is -2.47. The minimum absolute atomic E-state index is 0.0374. The van der Waals surface area contributed by atoms with Gasteiger partial charge in [-0.3, -0.25) is 4.79 Å². The largest absolute Gasteiger partial charge is 0.355 e. The van der Waals surface area contributed by atoms with Gasteiger partial charge < -0.3 is 14.8 Å². The number of sulfonamides is 1. The predicted octanol–water partition coefficient (Wildman–Crippen LogP) is 1.40. The zero-order chi connectivity index (χ0) is 22.9. The van der Waals surface area contributed by atoms with Crippen molar-refractivity contribution in [2.24, 2.45) is 0 Å². The molecule has 1 fully saturated rings. The number of nitrogens with zero attached hydrogens (tertiary/aromatic N) is 3. The Morgan fingerprint density at radius 1 is 1.29 bits per heavy atom. The monoisotopic (exact) mass is 452 g/mol. The van der Waals surface area contributed by atoms with Crippen molar-refractivity contribution < 1.29 is 27.5 Å². The first-order chi connectivity index (χ1) is 14.6. The number of hydrogen-bond acceptors (Lipinski definition) is 7. The highest BCUT2D eigenvalue weighted by Crippen LogP contribution is 2.36. The second-order valence-corrected chi connectivity index (χ2v) is 9.39. The van der Waals surface area contributed by atoms with Gasteiger partial charge in [-0.2, -0.15) is 4.31 Å². The first-order valence-electron chi connectivity index (χ1n) is 9.93. The number of rotatable bonds is 6. The van der Waals surface area contributed by atoms with Crippen LogP contribution in [0.4, 0.5) is 4.79 Å². The molecule has 1 aromatic carbocycles. The molecule has 1 N–H and O–H groups in total. The number of nitrogens with one attached hydrogen (secondary N) is 1. The van der Waals surface area contributed by atoms with E-state index in [1.165, 1.54) is 35.3 Å². The van der Waals surface area contributed by atoms with Gasteiger partial charge in [0.05, 0.1) is 10.9 Å². The minimum atomic E-state index is -4.27. The predicted molar refractivity (Wildman–Crippen MR) is 112 cm³/mol. The van der Waals surface area contributed by atoms with Gasteiger partial charge in [-0.05, 0) is 26.0 Å². The van der Waals surface area contributed by atoms with E-state index in [-0.39, 0.29) is 17.2 Å². The smallest absolute Gasteiger partial charge is 0.353 e. The lowest BCUT2D eigenvalue weighted by atomic mass is 9.98. The van der Waals surface area contributed by atoms with E-state index in [1.807, 2.05) is 6.92 Å². The van der Waals surface area contributed by atoms with Gasteiger partial charge in [0.25, 0.3) is 10.0 Å². The van der Waals surface area contributed by atoms with Crippen molar-refractivity contribution in [3.05, 3.63) is 41.6 Å². The summed E-state index contributed by atoms with van der Waals surface area (Å²) in [5.41, 5.74) is 1.32. The molecule has 0 saturated carbocycles. The van der Waals surface area contributed by atoms with Gasteiger partial charge in [0, 0.05) is 45.8 Å². The van der Waals surface area contributed by atoms with Gasteiger partial charge in [0.15, 0.2) is 12.5 Å². The van der Waals surface area contributed by atoms with E-state index in [9.17, 15) is 18.0 Å². The fourth-order valence-electron chi connectivity index (χ4n) is 3.54. The van der Waals surface area contributed by atoms with Crippen LogP contribution in [0.3, 0.4) is 0 Å². The standard InChI is InChI=1S/C20H28N4O6S/c1-6-29-18-11-17(21-14(3)25)16-12-23(22(4)5)20(26)24(19(16)30-18)31(27,28)15-9-7-13(2)8-10-15/h7-10,12,17-19H,6,11H2,1-5H3,(H,21,25)/t17-,18-,19-/m1/s1. The number of hydrogen-bond donors (Lipinski definition) is 1. The number of ether oxygens (including phenoxy) is 2. The van der Waals surface area contributed by atoms with Crippen LogP contribution in [0, 0.1) is 6.92 Å². The average Bonchev–Trinajstić information content (AvgIpc) is 2.67. The summed E-state index contributed by atoms with van der Waals surface area (Å²) in [6.45, 7) is 5.32. The van der Waals surface area contributed by atoms with Crippen LogP contribution in [0.5, 0.6) is 0 Å². The van der Waals surface area contributed by atoms with Crippen molar-refractivity contribution >= 4 is 22.0 Å². The molecular formula is C20H28N4O6S. The minimum Gasteiger partial charge on any atom is -0.353 e. The van der Waals surface area contributed by atoms with Gasteiger partial charge in [-0.25, -0.2) is 23.2 Å². The topological polar surface area (TPSA) is 108 Å². The van der Waals surface area contributed by atoms with E-state index in [2.05, 4.69) is 5.32 Å². The molecule has 2 aliphatic heterocycles. The summed E-state index contributed by atoms with van der Waals surface area (Å²) in [7, 11) is -1.04. The zero-order valence-electron chi connectivity index (χ0n) is 18.2. The van der Waals surface area contributed by atoms with Crippen LogP contribution in [-0.4, -0.2) is 73.9 Å². The van der Waals surface area contributed by atoms with Crippen LogP contribution in [0.25, 0.3) is 0 Å². The van der Waals surface area contributed by atoms with Crippen LogP contribution in [-0.2, 0) is 24.3 Å². The van der Waals surface area contributed by atoms with Crippen molar-refractivity contribution in [1.29, 1.82) is 0 Å². The summed E-state index contributed by atoms with van der Waals surface area (Å²) >= 11 is 0. The summed E-state index contributed by atoms with van der Waals surface area (Å²) in [5, 5.41) is 5.46. The van der Waals surface area contributed by atoms with Gasteiger partial charge in [-0.1, -0.05) is 17.7 Å². The fourth-order valence-corrected chi connectivity index (χ4v) is 4.96. The third-order valence-electron chi connectivity index (χ3n) is 5.00. The molecule has 2 aliphatic rings. The van der Waals surface area contributed by atoms with Gasteiger partial charge in [0.2, 0.25) is 5.91 Å². The third-order valence-corrected chi connectivity index (χ3v) is 6.74. The molecule has 2 heterocycles. The van der Waals surface area contributed by atoms with Crippen LogP contribution < -0.4 is 5.32 Å². The van der Waals surface area contributed by atoms with E-state index in [0.717, 1.165) is 5.56 Å². The molecule has 10 nitrogen and oxygen atoms in total. The maximum atomic E-state index is 13.5. The molecule has 1 saturated heterocycles. The summed E-state index contributed by atoms with van der Waals surface area (Å²) in [4.78, 5) is 25.1. The van der Waals surface area contributed by atoms with E-state index < -0.39 is 34.6 Å². The lowest BCUT2D eigenvalue weighted by molar-refractivity contribution is -0.200. The summed E-state index contributed by atoms with van der Waals surface area (Å²) in [6, 6.07) is 4.85. The summed E-state index contributed by atoms with van der Waals surface area (Å²) < 4.78 is 39.3. The highest BCUT2D eigenvalue weighted by atomic mass is 32.2. The number of hydrazine groups is 1. The number of benzene rings is 1. The van der Waals surface area contributed by atoms with Crippen LogP contribution in [0.15, 0.2) is 40.9 Å². The quantitative estimate of drug-likeness (QED) is 0.695. The fraction of sp³-hybridized carbons (Fsp3) is 0.500. The molecule has 0 bridgehead atoms. The molecule has 3 rings (SSSR count). The molecule has 0 radical (unpaired) electrons. The second-order valence-electron chi connectivity index (χ2n) is 7.58. The first kappa shape index (κ1) is 23.2. The summed E-state index contributed by atoms with van der Waals surface area (Å²) in [5.74, 6) is -0.289. The highest BCUT2D eigenvalue weighted by Gasteiger charge is 2.50. The van der Waals surface area contributed by atoms with E-state index in [1.54, 1.807) is 33.2 Å². The number of amides is 3. The molecule has 3 amide bonds. The van der Waals surface area contributed by atoms with Crippen LogP contribution in [0.2, 0.25) is 0 Å². The van der Waals surface area contributed by atoms with Crippen molar-refractivity contribution in [2.45, 2.75) is 50.6 Å². The number of carbonyl (C=O) groups is 2. The van der Waals surface area contributed by atoms with Crippen molar-refractivity contribution in [3.8, 4) is 0 Å². The average molecular weight is 453 g/mol. The normalized spacial score (nSPS) is 24.1. The Kier molecular flexibility index (Phi) is 6.70. The first-order valence-corrected chi connectivity index (χ1v) is 11.4. The molecule has 11 heteroatoms. The van der Waals surface area contributed by atoms with Gasteiger partial charge in [0.1, 0.15) is 0 Å². The number of aryl methyl sites for hydroxylation is 1. The second kappa shape index (κ2) is 8.95. The molecule has 1 aromatic rings. The Balaban J connectivity index is 2.13. The lowest BCUT2D eigenvalue weighted by Gasteiger charge is -2.46. The molecule has 170 valence electrons. The Morgan fingerprint density at radius 3 is 2.48 bits per heavy atom. The van der Waals surface area contributed by atoms with Crippen molar-refractivity contribution in [3.63, 3.8) is 0 Å². The lowest BCUT2D eigenvalue weighted by Crippen LogP contribution is -2.62. The third kappa shape index (κ3) is 4.59. The molecule has 0 aromatic heterocycles. The molecule has 31 heavy (non-hydrogen) atoms. The molecular weight excluding hydrogens is 424 g/mol. The highest BCUT2D eigenvalue weighted by molar-refractivity contribution is 7.89. The number of carbonyl (C=O) groups excluding carboxylic acids is 2. The Bertz CT molecular complexity index is 976. The Morgan fingerprint density at radius 2 is 1.94 bits per heavy atom. The van der Waals surface area contributed by atoms with Crippen molar-refractivity contribution in [1.82, 2.24) is 19.6 Å². The maximum Gasteiger partial charge on any atom is 0.355 e. The summed E-state index contributed by atoms with van der Waals surface area (Å²) in [6.07, 6.45) is -0.254. The SMILES string of the molecule is CCO[C@H]1C[C@@H](NC(C)=O)C2=CN(N(C)C)C(=O)N(S(=O)(=O)c3ccc(C)cc3)[C@@H]2O1. The van der Waals surface area contributed by atoms with E-state index in [4.69, 9.17) is 9.47 Å². The zero-order valence-corrected chi connectivity index (χ0v) is 19.0. The van der Waals surface area contributed by atoms with Gasteiger partial charge >= 0.3 is 6.03 Å². The number of fused-ring (bicyclic) bond motifs is 1. The molecule has 0 spiro atoms. The number of urea groups is 1. The van der Waals surface area contributed by atoms with Crippen LogP contribution >= 0.6 is 0 Å². The molecule has 0 unspecified atom stereocenters.